The second-order valence-electron chi connectivity index (χ2n) is 6.14. The molecule has 0 heterocycles. The van der Waals surface area contributed by atoms with Crippen molar-refractivity contribution < 1.29 is 15.3 Å². The fourth-order valence-electron chi connectivity index (χ4n) is 2.66. The van der Waals surface area contributed by atoms with Crippen LogP contribution < -0.4 is 0 Å². The first-order valence-corrected chi connectivity index (χ1v) is 6.71. The van der Waals surface area contributed by atoms with Crippen LogP contribution >= 0.6 is 0 Å². The van der Waals surface area contributed by atoms with E-state index in [1.54, 1.807) is 12.2 Å². The summed E-state index contributed by atoms with van der Waals surface area (Å²) in [5.74, 6) is 0. The molecule has 2 unspecified atom stereocenters. The highest BCUT2D eigenvalue weighted by Gasteiger charge is 2.48. The second kappa shape index (κ2) is 5.61. The molecule has 0 spiro atoms. The summed E-state index contributed by atoms with van der Waals surface area (Å²) in [4.78, 5) is 0. The van der Waals surface area contributed by atoms with Gasteiger partial charge in [-0.2, -0.15) is 0 Å². The number of aliphatic hydroxyl groups is 3. The van der Waals surface area contributed by atoms with E-state index in [1.165, 1.54) is 0 Å². The lowest BCUT2D eigenvalue weighted by molar-refractivity contribution is -0.0335. The standard InChI is InChI=1S/C16H26O3/c1-11(7-9-17)6-8-16(19)13(3)12(2)14(18)10-15(16,4)5/h6-8,14,17-19H,9-10H2,1-5H3/b8-6+,11-7-. The zero-order valence-electron chi connectivity index (χ0n) is 12.6. The van der Waals surface area contributed by atoms with Crippen molar-refractivity contribution in [2.24, 2.45) is 5.41 Å². The number of hydrogen-bond donors (Lipinski definition) is 3. The minimum Gasteiger partial charge on any atom is -0.392 e. The quantitative estimate of drug-likeness (QED) is 0.543. The molecule has 0 fully saturated rings. The first-order chi connectivity index (χ1) is 8.65. The monoisotopic (exact) mass is 266 g/mol. The summed E-state index contributed by atoms with van der Waals surface area (Å²) in [5, 5.41) is 29.9. The topological polar surface area (TPSA) is 60.7 Å². The third-order valence-corrected chi connectivity index (χ3v) is 4.40. The Kier molecular flexibility index (Phi) is 4.77. The van der Waals surface area contributed by atoms with E-state index in [0.717, 1.165) is 16.7 Å². The van der Waals surface area contributed by atoms with Gasteiger partial charge in [0, 0.05) is 5.41 Å². The van der Waals surface area contributed by atoms with Gasteiger partial charge < -0.3 is 15.3 Å². The number of allylic oxidation sites excluding steroid dienone is 2. The Balaban J connectivity index is 3.23. The largest absolute Gasteiger partial charge is 0.392 e. The fraction of sp³-hybridized carbons (Fsp3) is 0.625. The van der Waals surface area contributed by atoms with Gasteiger partial charge in [0.2, 0.25) is 0 Å². The molecule has 0 aromatic carbocycles. The average molecular weight is 266 g/mol. The van der Waals surface area contributed by atoms with E-state index in [-0.39, 0.29) is 6.61 Å². The smallest absolute Gasteiger partial charge is 0.109 e. The van der Waals surface area contributed by atoms with Crippen molar-refractivity contribution in [2.45, 2.75) is 52.7 Å². The highest BCUT2D eigenvalue weighted by Crippen LogP contribution is 2.47. The molecule has 3 nitrogen and oxygen atoms in total. The zero-order chi connectivity index (χ0) is 14.8. The molecule has 0 aromatic rings. The van der Waals surface area contributed by atoms with Gasteiger partial charge in [-0.05, 0) is 44.4 Å². The van der Waals surface area contributed by atoms with Crippen molar-refractivity contribution in [2.75, 3.05) is 6.61 Å². The molecule has 19 heavy (non-hydrogen) atoms. The molecule has 0 amide bonds. The van der Waals surface area contributed by atoms with Crippen LogP contribution in [0.25, 0.3) is 0 Å². The maximum atomic E-state index is 11.0. The van der Waals surface area contributed by atoms with E-state index in [0.29, 0.717) is 6.42 Å². The number of aliphatic hydroxyl groups excluding tert-OH is 2. The Hall–Kier alpha value is -0.900. The summed E-state index contributed by atoms with van der Waals surface area (Å²) < 4.78 is 0. The number of hydrogen-bond acceptors (Lipinski definition) is 3. The van der Waals surface area contributed by atoms with E-state index in [1.807, 2.05) is 40.7 Å². The van der Waals surface area contributed by atoms with E-state index in [9.17, 15) is 10.2 Å². The molecular formula is C16H26O3. The zero-order valence-corrected chi connectivity index (χ0v) is 12.6. The fourth-order valence-corrected chi connectivity index (χ4v) is 2.66. The van der Waals surface area contributed by atoms with Crippen molar-refractivity contribution >= 4 is 0 Å². The van der Waals surface area contributed by atoms with Gasteiger partial charge in [-0.1, -0.05) is 31.6 Å². The van der Waals surface area contributed by atoms with E-state index >= 15 is 0 Å². The lowest BCUT2D eigenvalue weighted by atomic mass is 9.62. The molecule has 108 valence electrons. The molecule has 3 heteroatoms. The Bertz CT molecular complexity index is 429. The third-order valence-electron chi connectivity index (χ3n) is 4.40. The Morgan fingerprint density at radius 2 is 1.95 bits per heavy atom. The van der Waals surface area contributed by atoms with Gasteiger partial charge in [0.1, 0.15) is 5.60 Å². The van der Waals surface area contributed by atoms with Gasteiger partial charge in [-0.3, -0.25) is 0 Å². The molecule has 1 rings (SSSR count). The minimum absolute atomic E-state index is 0.00937. The molecule has 1 aliphatic carbocycles. The van der Waals surface area contributed by atoms with E-state index in [4.69, 9.17) is 5.11 Å². The molecule has 0 bridgehead atoms. The lowest BCUT2D eigenvalue weighted by Crippen LogP contribution is -2.50. The average Bonchev–Trinajstić information content (AvgIpc) is 2.32. The first kappa shape index (κ1) is 16.2. The second-order valence-corrected chi connectivity index (χ2v) is 6.14. The van der Waals surface area contributed by atoms with Crippen molar-refractivity contribution in [3.8, 4) is 0 Å². The highest BCUT2D eigenvalue weighted by atomic mass is 16.3. The Morgan fingerprint density at radius 1 is 1.37 bits per heavy atom. The number of rotatable bonds is 3. The normalized spacial score (nSPS) is 32.2. The molecule has 1 aliphatic rings. The van der Waals surface area contributed by atoms with Gasteiger partial charge in [-0.15, -0.1) is 0 Å². The van der Waals surface area contributed by atoms with Crippen LogP contribution in [0.3, 0.4) is 0 Å². The van der Waals surface area contributed by atoms with Crippen LogP contribution in [0.5, 0.6) is 0 Å². The van der Waals surface area contributed by atoms with Crippen LogP contribution in [0.2, 0.25) is 0 Å². The van der Waals surface area contributed by atoms with Crippen LogP contribution in [0.15, 0.2) is 34.9 Å². The van der Waals surface area contributed by atoms with Crippen molar-refractivity contribution in [1.82, 2.24) is 0 Å². The Morgan fingerprint density at radius 3 is 2.47 bits per heavy atom. The maximum absolute atomic E-state index is 11.0. The van der Waals surface area contributed by atoms with Crippen molar-refractivity contribution in [3.05, 3.63) is 34.9 Å². The molecule has 0 aromatic heterocycles. The highest BCUT2D eigenvalue weighted by molar-refractivity contribution is 5.38. The lowest BCUT2D eigenvalue weighted by Gasteiger charge is -2.47. The Labute approximate surface area is 116 Å². The molecule has 0 saturated heterocycles. The SMILES string of the molecule is CC1=C(C)C(O)(/C=C/C(C)=C\CO)C(C)(C)CC1O. The van der Waals surface area contributed by atoms with Gasteiger partial charge in [0.05, 0.1) is 12.7 Å². The van der Waals surface area contributed by atoms with E-state index < -0.39 is 17.1 Å². The van der Waals surface area contributed by atoms with Crippen molar-refractivity contribution in [3.63, 3.8) is 0 Å². The van der Waals surface area contributed by atoms with Crippen LogP contribution in [-0.2, 0) is 0 Å². The molecular weight excluding hydrogens is 240 g/mol. The third kappa shape index (κ3) is 2.99. The summed E-state index contributed by atoms with van der Waals surface area (Å²) >= 11 is 0. The maximum Gasteiger partial charge on any atom is 0.109 e. The van der Waals surface area contributed by atoms with E-state index in [2.05, 4.69) is 0 Å². The van der Waals surface area contributed by atoms with Crippen LogP contribution in [0, 0.1) is 5.41 Å². The minimum atomic E-state index is -1.07. The van der Waals surface area contributed by atoms with Gasteiger partial charge in [0.25, 0.3) is 0 Å². The van der Waals surface area contributed by atoms with Gasteiger partial charge >= 0.3 is 0 Å². The summed E-state index contributed by atoms with van der Waals surface area (Å²) in [6.07, 6.45) is 5.33. The molecule has 0 saturated carbocycles. The summed E-state index contributed by atoms with van der Waals surface area (Å²) in [6.45, 7) is 9.53. The van der Waals surface area contributed by atoms with Crippen molar-refractivity contribution in [1.29, 1.82) is 0 Å². The van der Waals surface area contributed by atoms with Crippen LogP contribution in [-0.4, -0.2) is 33.6 Å². The molecule has 3 N–H and O–H groups in total. The summed E-state index contributed by atoms with van der Waals surface area (Å²) in [7, 11) is 0. The van der Waals surface area contributed by atoms with Crippen LogP contribution in [0.4, 0.5) is 0 Å². The summed E-state index contributed by atoms with van der Waals surface area (Å²) in [6, 6.07) is 0. The van der Waals surface area contributed by atoms with Gasteiger partial charge in [-0.25, -0.2) is 0 Å². The van der Waals surface area contributed by atoms with Gasteiger partial charge in [0.15, 0.2) is 0 Å². The molecule has 0 aliphatic heterocycles. The molecule has 2 atom stereocenters. The molecule has 0 radical (unpaired) electrons. The first-order valence-electron chi connectivity index (χ1n) is 6.71. The predicted molar refractivity (Wildman–Crippen MR) is 77.7 cm³/mol. The summed E-state index contributed by atoms with van der Waals surface area (Å²) in [5.41, 5.74) is 1.05. The predicted octanol–water partition coefficient (Wildman–Crippen LogP) is 2.34. The van der Waals surface area contributed by atoms with Crippen LogP contribution in [0.1, 0.15) is 41.0 Å².